The van der Waals surface area contributed by atoms with Crippen molar-refractivity contribution in [3.63, 3.8) is 0 Å². The number of hydrogen-bond donors (Lipinski definition) is 2. The molecule has 2 aromatic carbocycles. The molecule has 0 spiro atoms. The van der Waals surface area contributed by atoms with Crippen molar-refractivity contribution < 1.29 is 0 Å². The second kappa shape index (κ2) is 9.30. The maximum Gasteiger partial charge on any atom is 0.335 e. The first kappa shape index (κ1) is 21.0. The maximum atomic E-state index is 13.0. The lowest BCUT2D eigenvalue weighted by atomic mass is 10.1. The van der Waals surface area contributed by atoms with Crippen molar-refractivity contribution >= 4 is 17.1 Å². The Labute approximate surface area is 184 Å². The molecule has 0 bridgehead atoms. The number of aryl methyl sites for hydroxylation is 1. The SMILES string of the molecule is CCn1c(=O)[nH]/c(=N\c2ccc(Nc3ccncc3)cc2)n(Cc2ccc(C)cc2)c1=O. The van der Waals surface area contributed by atoms with Crippen molar-refractivity contribution in [2.45, 2.75) is 26.9 Å². The fourth-order valence-electron chi connectivity index (χ4n) is 3.28. The van der Waals surface area contributed by atoms with E-state index in [-0.39, 0.29) is 12.2 Å². The molecule has 162 valence electrons. The van der Waals surface area contributed by atoms with E-state index in [2.05, 4.69) is 20.3 Å². The molecule has 0 amide bonds. The molecule has 0 unspecified atom stereocenters. The molecular weight excluding hydrogens is 404 g/mol. The van der Waals surface area contributed by atoms with Gasteiger partial charge in [0.05, 0.1) is 12.2 Å². The highest BCUT2D eigenvalue weighted by Crippen LogP contribution is 2.19. The molecule has 4 rings (SSSR count). The van der Waals surface area contributed by atoms with Crippen molar-refractivity contribution in [2.24, 2.45) is 4.99 Å². The molecule has 8 nitrogen and oxygen atoms in total. The van der Waals surface area contributed by atoms with Crippen molar-refractivity contribution in [1.82, 2.24) is 19.1 Å². The minimum Gasteiger partial charge on any atom is -0.355 e. The third-order valence-electron chi connectivity index (χ3n) is 5.03. The number of aromatic amines is 1. The average molecular weight is 428 g/mol. The highest BCUT2D eigenvalue weighted by atomic mass is 16.2. The second-order valence-electron chi connectivity index (χ2n) is 7.37. The van der Waals surface area contributed by atoms with Crippen LogP contribution >= 0.6 is 0 Å². The van der Waals surface area contributed by atoms with Gasteiger partial charge >= 0.3 is 11.4 Å². The first-order valence-corrected chi connectivity index (χ1v) is 10.3. The van der Waals surface area contributed by atoms with Crippen LogP contribution in [-0.2, 0) is 13.1 Å². The zero-order valence-corrected chi connectivity index (χ0v) is 17.9. The number of H-pyrrole nitrogens is 1. The number of pyridine rings is 1. The molecule has 0 saturated carbocycles. The Kier molecular flexibility index (Phi) is 6.12. The number of nitrogens with zero attached hydrogens (tertiary/aromatic N) is 4. The molecule has 0 atom stereocenters. The summed E-state index contributed by atoms with van der Waals surface area (Å²) in [6.07, 6.45) is 3.43. The van der Waals surface area contributed by atoms with E-state index in [9.17, 15) is 9.59 Å². The van der Waals surface area contributed by atoms with E-state index >= 15 is 0 Å². The molecule has 0 aliphatic carbocycles. The Hall–Kier alpha value is -4.20. The van der Waals surface area contributed by atoms with Crippen molar-refractivity contribution in [1.29, 1.82) is 0 Å². The Bertz CT molecular complexity index is 1380. The number of anilines is 2. The van der Waals surface area contributed by atoms with Crippen LogP contribution in [0.5, 0.6) is 0 Å². The van der Waals surface area contributed by atoms with Gasteiger partial charge in [-0.3, -0.25) is 14.5 Å². The Balaban J connectivity index is 1.72. The number of nitrogens with one attached hydrogen (secondary N) is 2. The van der Waals surface area contributed by atoms with Crippen LogP contribution in [0.15, 0.2) is 87.6 Å². The molecule has 2 aromatic heterocycles. The maximum absolute atomic E-state index is 13.0. The van der Waals surface area contributed by atoms with Gasteiger partial charge in [-0.2, -0.15) is 0 Å². The van der Waals surface area contributed by atoms with Gasteiger partial charge in [-0.15, -0.1) is 0 Å². The summed E-state index contributed by atoms with van der Waals surface area (Å²) in [5.74, 6) is 0. The van der Waals surface area contributed by atoms with E-state index in [0.717, 1.165) is 27.1 Å². The van der Waals surface area contributed by atoms with Crippen LogP contribution in [0.1, 0.15) is 18.1 Å². The summed E-state index contributed by atoms with van der Waals surface area (Å²) in [5.41, 5.74) is 3.84. The molecule has 2 heterocycles. The second-order valence-corrected chi connectivity index (χ2v) is 7.37. The van der Waals surface area contributed by atoms with E-state index in [4.69, 9.17) is 0 Å². The summed E-state index contributed by atoms with van der Waals surface area (Å²) in [4.78, 5) is 36.7. The van der Waals surface area contributed by atoms with E-state index in [0.29, 0.717) is 12.2 Å². The molecule has 0 radical (unpaired) electrons. The zero-order chi connectivity index (χ0) is 22.5. The standard InChI is InChI=1S/C24H24N6O2/c1-3-29-23(31)28-22(30(24(29)32)16-18-6-4-17(2)5-7-18)27-20-10-8-19(9-11-20)26-21-12-14-25-15-13-21/h4-15H,3,16H2,1-2H3,(H,25,26)(H,27,28,31). The van der Waals surface area contributed by atoms with Gasteiger partial charge in [0.2, 0.25) is 5.62 Å². The summed E-state index contributed by atoms with van der Waals surface area (Å²) in [7, 11) is 0. The van der Waals surface area contributed by atoms with Gasteiger partial charge in [0.25, 0.3) is 0 Å². The number of benzene rings is 2. The molecule has 0 aliphatic heterocycles. The lowest BCUT2D eigenvalue weighted by Gasteiger charge is -2.10. The lowest BCUT2D eigenvalue weighted by molar-refractivity contribution is 0.541. The third-order valence-corrected chi connectivity index (χ3v) is 5.03. The Morgan fingerprint density at radius 1 is 0.906 bits per heavy atom. The lowest BCUT2D eigenvalue weighted by Crippen LogP contribution is -2.49. The molecule has 0 saturated heterocycles. The third kappa shape index (κ3) is 4.75. The van der Waals surface area contributed by atoms with Crippen molar-refractivity contribution in [2.75, 3.05) is 5.32 Å². The van der Waals surface area contributed by atoms with Crippen LogP contribution < -0.4 is 22.3 Å². The summed E-state index contributed by atoms with van der Waals surface area (Å²) in [6.45, 7) is 4.35. The summed E-state index contributed by atoms with van der Waals surface area (Å²) < 4.78 is 2.65. The highest BCUT2D eigenvalue weighted by Gasteiger charge is 2.08. The van der Waals surface area contributed by atoms with Gasteiger partial charge in [0.15, 0.2) is 0 Å². The number of hydrogen-bond acceptors (Lipinski definition) is 5. The van der Waals surface area contributed by atoms with Gasteiger partial charge in [0, 0.05) is 30.3 Å². The van der Waals surface area contributed by atoms with Crippen molar-refractivity contribution in [3.05, 3.63) is 111 Å². The molecular formula is C24H24N6O2. The molecule has 4 aromatic rings. The van der Waals surface area contributed by atoms with Crippen LogP contribution in [-0.4, -0.2) is 19.1 Å². The van der Waals surface area contributed by atoms with Crippen LogP contribution in [0.2, 0.25) is 0 Å². The first-order chi connectivity index (χ1) is 15.5. The highest BCUT2D eigenvalue weighted by molar-refractivity contribution is 5.60. The summed E-state index contributed by atoms with van der Waals surface area (Å²) >= 11 is 0. The molecule has 0 fully saturated rings. The zero-order valence-electron chi connectivity index (χ0n) is 17.9. The van der Waals surface area contributed by atoms with E-state index in [1.807, 2.05) is 67.6 Å². The molecule has 0 aliphatic rings. The normalized spacial score (nSPS) is 11.5. The fourth-order valence-corrected chi connectivity index (χ4v) is 3.28. The van der Waals surface area contributed by atoms with Gasteiger partial charge in [-0.25, -0.2) is 19.1 Å². The monoisotopic (exact) mass is 428 g/mol. The van der Waals surface area contributed by atoms with Gasteiger partial charge in [-0.05, 0) is 55.8 Å². The average Bonchev–Trinajstić information content (AvgIpc) is 2.80. The van der Waals surface area contributed by atoms with Gasteiger partial charge in [-0.1, -0.05) is 29.8 Å². The smallest absolute Gasteiger partial charge is 0.335 e. The topological polar surface area (TPSA) is 97.1 Å². The van der Waals surface area contributed by atoms with Crippen LogP contribution in [0.3, 0.4) is 0 Å². The predicted octanol–water partition coefficient (Wildman–Crippen LogP) is 3.09. The van der Waals surface area contributed by atoms with Crippen LogP contribution in [0.25, 0.3) is 0 Å². The fraction of sp³-hybridized carbons (Fsp3) is 0.167. The predicted molar refractivity (Wildman–Crippen MR) is 124 cm³/mol. The Morgan fingerprint density at radius 2 is 1.56 bits per heavy atom. The minimum atomic E-state index is -0.479. The quantitative estimate of drug-likeness (QED) is 0.493. The van der Waals surface area contributed by atoms with Crippen molar-refractivity contribution in [3.8, 4) is 0 Å². The van der Waals surface area contributed by atoms with E-state index in [1.54, 1.807) is 19.3 Å². The number of rotatable bonds is 6. The molecule has 2 N–H and O–H groups in total. The van der Waals surface area contributed by atoms with Gasteiger partial charge in [0.1, 0.15) is 0 Å². The minimum absolute atomic E-state index is 0.208. The number of aromatic nitrogens is 4. The summed E-state index contributed by atoms with van der Waals surface area (Å²) in [5, 5.41) is 3.28. The van der Waals surface area contributed by atoms with E-state index < -0.39 is 11.4 Å². The van der Waals surface area contributed by atoms with Crippen LogP contribution in [0.4, 0.5) is 17.1 Å². The Morgan fingerprint density at radius 3 is 2.22 bits per heavy atom. The van der Waals surface area contributed by atoms with Gasteiger partial charge < -0.3 is 5.32 Å². The van der Waals surface area contributed by atoms with Crippen LogP contribution in [0, 0.1) is 6.92 Å². The largest absolute Gasteiger partial charge is 0.355 e. The molecule has 8 heteroatoms. The first-order valence-electron chi connectivity index (χ1n) is 10.3. The molecule has 32 heavy (non-hydrogen) atoms. The van der Waals surface area contributed by atoms with E-state index in [1.165, 1.54) is 4.57 Å². The summed E-state index contributed by atoms with van der Waals surface area (Å²) in [6, 6.07) is 19.1.